The van der Waals surface area contributed by atoms with E-state index in [9.17, 15) is 9.18 Å². The van der Waals surface area contributed by atoms with E-state index in [1.165, 1.54) is 23.7 Å². The molecule has 0 unspecified atom stereocenters. The van der Waals surface area contributed by atoms with E-state index in [0.29, 0.717) is 5.56 Å². The van der Waals surface area contributed by atoms with Crippen molar-refractivity contribution in [1.82, 2.24) is 4.37 Å². The van der Waals surface area contributed by atoms with Gasteiger partial charge in [0.1, 0.15) is 5.82 Å². The molecular formula is C12H10FNO2S. The molecule has 1 N–H and O–H groups in total. The van der Waals surface area contributed by atoms with Crippen LogP contribution in [0.4, 0.5) is 4.39 Å². The summed E-state index contributed by atoms with van der Waals surface area (Å²) in [6.45, 7) is 2.00. The summed E-state index contributed by atoms with van der Waals surface area (Å²) >= 11 is 1.37. The van der Waals surface area contributed by atoms with Gasteiger partial charge in [0.15, 0.2) is 0 Å². The van der Waals surface area contributed by atoms with Gasteiger partial charge >= 0.3 is 5.97 Å². The minimum Gasteiger partial charge on any atom is -0.478 e. The number of hydrogen-bond acceptors (Lipinski definition) is 3. The standard InChI is InChI=1S/C12H10FNO2S/c1-2-11-9(6-14-17-11)7-3-4-10(13)8(5-7)12(15)16/h3-6H,2H2,1H3,(H,15,16). The number of nitrogens with zero attached hydrogens (tertiary/aromatic N) is 1. The van der Waals surface area contributed by atoms with Gasteiger partial charge in [-0.25, -0.2) is 13.6 Å². The van der Waals surface area contributed by atoms with Crippen LogP contribution in [0.25, 0.3) is 11.1 Å². The number of carboxylic acids is 1. The van der Waals surface area contributed by atoms with Gasteiger partial charge in [-0.15, -0.1) is 0 Å². The summed E-state index contributed by atoms with van der Waals surface area (Å²) in [6, 6.07) is 4.10. The highest BCUT2D eigenvalue weighted by molar-refractivity contribution is 7.06. The van der Waals surface area contributed by atoms with Gasteiger partial charge in [-0.2, -0.15) is 0 Å². The normalized spacial score (nSPS) is 10.5. The maximum atomic E-state index is 13.3. The fraction of sp³-hybridized carbons (Fsp3) is 0.167. The molecule has 2 rings (SSSR count). The zero-order valence-corrected chi connectivity index (χ0v) is 9.92. The summed E-state index contributed by atoms with van der Waals surface area (Å²) in [6.07, 6.45) is 2.50. The van der Waals surface area contributed by atoms with Crippen LogP contribution in [0.3, 0.4) is 0 Å². The van der Waals surface area contributed by atoms with Gasteiger partial charge in [0.2, 0.25) is 0 Å². The van der Waals surface area contributed by atoms with Crippen LogP contribution in [0, 0.1) is 5.82 Å². The van der Waals surface area contributed by atoms with Crippen molar-refractivity contribution in [2.45, 2.75) is 13.3 Å². The number of aromatic nitrogens is 1. The molecule has 1 aromatic carbocycles. The molecular weight excluding hydrogens is 241 g/mol. The molecule has 2 aromatic rings. The van der Waals surface area contributed by atoms with Crippen LogP contribution in [-0.4, -0.2) is 15.4 Å². The molecule has 0 fully saturated rings. The van der Waals surface area contributed by atoms with Crippen LogP contribution in [0.1, 0.15) is 22.2 Å². The molecule has 0 aliphatic rings. The third-order valence-corrected chi connectivity index (χ3v) is 3.41. The second-order valence-corrected chi connectivity index (χ2v) is 4.40. The molecule has 0 amide bonds. The molecule has 88 valence electrons. The smallest absolute Gasteiger partial charge is 0.338 e. The topological polar surface area (TPSA) is 50.2 Å². The molecule has 0 atom stereocenters. The number of rotatable bonds is 3. The van der Waals surface area contributed by atoms with Crippen molar-refractivity contribution in [1.29, 1.82) is 0 Å². The number of carbonyl (C=O) groups is 1. The Balaban J connectivity index is 2.54. The Hall–Kier alpha value is -1.75. The first-order valence-corrected chi connectivity index (χ1v) is 5.87. The van der Waals surface area contributed by atoms with Crippen molar-refractivity contribution in [3.8, 4) is 11.1 Å². The summed E-state index contributed by atoms with van der Waals surface area (Å²) in [5.74, 6) is -1.98. The molecule has 1 heterocycles. The molecule has 0 bridgehead atoms. The molecule has 0 aliphatic heterocycles. The van der Waals surface area contributed by atoms with Crippen molar-refractivity contribution >= 4 is 17.5 Å². The summed E-state index contributed by atoms with van der Waals surface area (Å²) in [4.78, 5) is 11.9. The Morgan fingerprint density at radius 2 is 2.29 bits per heavy atom. The van der Waals surface area contributed by atoms with E-state index in [4.69, 9.17) is 5.11 Å². The molecule has 1 aromatic heterocycles. The average Bonchev–Trinajstić information content (AvgIpc) is 2.77. The predicted octanol–water partition coefficient (Wildman–Crippen LogP) is 3.21. The fourth-order valence-electron chi connectivity index (χ4n) is 1.61. The lowest BCUT2D eigenvalue weighted by atomic mass is 10.0. The van der Waals surface area contributed by atoms with Gasteiger partial charge in [0, 0.05) is 16.6 Å². The van der Waals surface area contributed by atoms with Gasteiger partial charge < -0.3 is 5.11 Å². The first-order chi connectivity index (χ1) is 8.13. The van der Waals surface area contributed by atoms with E-state index in [-0.39, 0.29) is 5.56 Å². The van der Waals surface area contributed by atoms with Gasteiger partial charge in [-0.3, -0.25) is 0 Å². The maximum Gasteiger partial charge on any atom is 0.338 e. The second kappa shape index (κ2) is 4.63. The molecule has 0 spiro atoms. The van der Waals surface area contributed by atoms with Crippen LogP contribution in [0.2, 0.25) is 0 Å². The summed E-state index contributed by atoms with van der Waals surface area (Å²) in [7, 11) is 0. The Morgan fingerprint density at radius 3 is 2.94 bits per heavy atom. The van der Waals surface area contributed by atoms with Gasteiger partial charge in [-0.1, -0.05) is 13.0 Å². The molecule has 0 saturated carbocycles. The third-order valence-electron chi connectivity index (χ3n) is 2.47. The summed E-state index contributed by atoms with van der Waals surface area (Å²) in [5.41, 5.74) is 1.25. The number of carboxylic acid groups (broad SMARTS) is 1. The fourth-order valence-corrected chi connectivity index (χ4v) is 2.29. The zero-order chi connectivity index (χ0) is 12.4. The lowest BCUT2D eigenvalue weighted by molar-refractivity contribution is 0.0692. The van der Waals surface area contributed by atoms with Crippen molar-refractivity contribution in [3.05, 3.63) is 40.7 Å². The van der Waals surface area contributed by atoms with E-state index in [1.807, 2.05) is 6.92 Å². The highest BCUT2D eigenvalue weighted by Gasteiger charge is 2.13. The first-order valence-electron chi connectivity index (χ1n) is 5.10. The Bertz CT molecular complexity index is 565. The molecule has 17 heavy (non-hydrogen) atoms. The van der Waals surface area contributed by atoms with Crippen LogP contribution in [0.15, 0.2) is 24.4 Å². The maximum absolute atomic E-state index is 13.3. The monoisotopic (exact) mass is 251 g/mol. The van der Waals surface area contributed by atoms with Gasteiger partial charge in [0.25, 0.3) is 0 Å². The minimum atomic E-state index is -1.26. The summed E-state index contributed by atoms with van der Waals surface area (Å²) in [5, 5.41) is 8.86. The first kappa shape index (κ1) is 11.7. The van der Waals surface area contributed by atoms with Crippen LogP contribution >= 0.6 is 11.5 Å². The van der Waals surface area contributed by atoms with Crippen molar-refractivity contribution in [2.75, 3.05) is 0 Å². The molecule has 5 heteroatoms. The van der Waals surface area contributed by atoms with E-state index in [2.05, 4.69) is 4.37 Å². The van der Waals surface area contributed by atoms with Gasteiger partial charge in [-0.05, 0) is 35.6 Å². The predicted molar refractivity (Wildman–Crippen MR) is 63.8 cm³/mol. The van der Waals surface area contributed by atoms with Crippen molar-refractivity contribution in [3.63, 3.8) is 0 Å². The number of benzene rings is 1. The van der Waals surface area contributed by atoms with E-state index in [1.54, 1.807) is 12.3 Å². The van der Waals surface area contributed by atoms with E-state index in [0.717, 1.165) is 16.9 Å². The zero-order valence-electron chi connectivity index (χ0n) is 9.11. The highest BCUT2D eigenvalue weighted by atomic mass is 32.1. The number of aryl methyl sites for hydroxylation is 1. The summed E-state index contributed by atoms with van der Waals surface area (Å²) < 4.78 is 17.3. The van der Waals surface area contributed by atoms with Crippen LogP contribution < -0.4 is 0 Å². The van der Waals surface area contributed by atoms with Crippen molar-refractivity contribution < 1.29 is 14.3 Å². The SMILES string of the molecule is CCc1sncc1-c1ccc(F)c(C(=O)O)c1. The van der Waals surface area contributed by atoms with Gasteiger partial charge in [0.05, 0.1) is 5.56 Å². The quantitative estimate of drug-likeness (QED) is 0.911. The highest BCUT2D eigenvalue weighted by Crippen LogP contribution is 2.28. The van der Waals surface area contributed by atoms with Crippen LogP contribution in [-0.2, 0) is 6.42 Å². The molecule has 0 radical (unpaired) electrons. The minimum absolute atomic E-state index is 0.309. The number of halogens is 1. The Kier molecular flexibility index (Phi) is 3.19. The third kappa shape index (κ3) is 2.19. The Labute approximate surface area is 102 Å². The molecule has 3 nitrogen and oxygen atoms in total. The lowest BCUT2D eigenvalue weighted by Gasteiger charge is -2.03. The van der Waals surface area contributed by atoms with E-state index >= 15 is 0 Å². The second-order valence-electron chi connectivity index (χ2n) is 3.52. The Morgan fingerprint density at radius 1 is 1.53 bits per heavy atom. The molecule has 0 aliphatic carbocycles. The molecule has 0 saturated heterocycles. The number of hydrogen-bond donors (Lipinski definition) is 1. The van der Waals surface area contributed by atoms with E-state index < -0.39 is 11.8 Å². The van der Waals surface area contributed by atoms with Crippen molar-refractivity contribution in [2.24, 2.45) is 0 Å². The largest absolute Gasteiger partial charge is 0.478 e. The average molecular weight is 251 g/mol. The number of aromatic carboxylic acids is 1. The van der Waals surface area contributed by atoms with Crippen LogP contribution in [0.5, 0.6) is 0 Å². The lowest BCUT2D eigenvalue weighted by Crippen LogP contribution is -2.00.